The highest BCUT2D eigenvalue weighted by atomic mass is 32.2. The van der Waals surface area contributed by atoms with E-state index in [9.17, 15) is 13.2 Å². The maximum atomic E-state index is 12.9. The van der Waals surface area contributed by atoms with Gasteiger partial charge in [0.2, 0.25) is 0 Å². The third-order valence-electron chi connectivity index (χ3n) is 4.74. The zero-order chi connectivity index (χ0) is 19.4. The van der Waals surface area contributed by atoms with Crippen molar-refractivity contribution in [2.45, 2.75) is 31.1 Å². The minimum absolute atomic E-state index is 0.142. The predicted molar refractivity (Wildman–Crippen MR) is 105 cm³/mol. The van der Waals surface area contributed by atoms with Crippen molar-refractivity contribution in [1.29, 1.82) is 0 Å². The molecule has 144 valence electrons. The molecule has 7 heteroatoms. The average Bonchev–Trinajstić information content (AvgIpc) is 3.21. The summed E-state index contributed by atoms with van der Waals surface area (Å²) in [6.07, 6.45) is 2.60. The van der Waals surface area contributed by atoms with E-state index in [0.29, 0.717) is 36.5 Å². The van der Waals surface area contributed by atoms with Gasteiger partial charge in [0.05, 0.1) is 23.3 Å². The number of sulfonamides is 1. The number of ether oxygens (including phenoxy) is 1. The highest BCUT2D eigenvalue weighted by Crippen LogP contribution is 2.26. The van der Waals surface area contributed by atoms with Crippen LogP contribution in [0.25, 0.3) is 0 Å². The van der Waals surface area contributed by atoms with Crippen molar-refractivity contribution in [2.24, 2.45) is 0 Å². The van der Waals surface area contributed by atoms with Crippen LogP contribution in [0.15, 0.2) is 47.4 Å². The number of hydrogen-bond acceptors (Lipinski definition) is 4. The number of likely N-dealkylation sites (tertiary alicyclic amines) is 1. The first-order chi connectivity index (χ1) is 13.0. The highest BCUT2D eigenvalue weighted by Gasteiger charge is 2.24. The molecule has 0 radical (unpaired) electrons. The van der Waals surface area contributed by atoms with E-state index in [1.165, 1.54) is 6.07 Å². The highest BCUT2D eigenvalue weighted by molar-refractivity contribution is 7.92. The Morgan fingerprint density at radius 2 is 1.85 bits per heavy atom. The quantitative estimate of drug-likeness (QED) is 0.824. The maximum Gasteiger partial charge on any atom is 0.261 e. The molecular formula is C20H24N2O4S. The lowest BCUT2D eigenvalue weighted by Gasteiger charge is -2.18. The third-order valence-corrected chi connectivity index (χ3v) is 6.10. The number of rotatable bonds is 6. The lowest BCUT2D eigenvalue weighted by Crippen LogP contribution is -2.28. The number of carbonyl (C=O) groups is 1. The van der Waals surface area contributed by atoms with Crippen LogP contribution in [-0.2, 0) is 16.4 Å². The molecule has 6 nitrogen and oxygen atoms in total. The van der Waals surface area contributed by atoms with E-state index in [4.69, 9.17) is 4.74 Å². The van der Waals surface area contributed by atoms with Crippen LogP contribution in [0, 0.1) is 0 Å². The van der Waals surface area contributed by atoms with Gasteiger partial charge in [0.1, 0.15) is 5.75 Å². The van der Waals surface area contributed by atoms with Crippen molar-refractivity contribution in [1.82, 2.24) is 4.90 Å². The van der Waals surface area contributed by atoms with Gasteiger partial charge in [-0.2, -0.15) is 0 Å². The van der Waals surface area contributed by atoms with Gasteiger partial charge in [0.15, 0.2) is 0 Å². The number of methoxy groups -OCH3 is 1. The number of benzene rings is 2. The standard InChI is InChI=1S/C20H24N2O4S/c1-3-15-14-16(10-11-19(15)26-2)27(24,25)21-18-9-5-4-8-17(18)20(23)22-12-6-7-13-22/h4-5,8-11,14,21H,3,6-7,12-13H2,1-2H3. The summed E-state index contributed by atoms with van der Waals surface area (Å²) < 4.78 is 33.6. The van der Waals surface area contributed by atoms with Gasteiger partial charge in [-0.25, -0.2) is 8.42 Å². The summed E-state index contributed by atoms with van der Waals surface area (Å²) in [5.74, 6) is 0.510. The predicted octanol–water partition coefficient (Wildman–Crippen LogP) is 3.29. The van der Waals surface area contributed by atoms with Crippen LogP contribution in [0.4, 0.5) is 5.69 Å². The molecule has 2 aromatic rings. The van der Waals surface area contributed by atoms with Gasteiger partial charge in [-0.15, -0.1) is 0 Å². The Labute approximate surface area is 160 Å². The third kappa shape index (κ3) is 4.08. The average molecular weight is 388 g/mol. The number of anilines is 1. The second kappa shape index (κ2) is 8.00. The first-order valence-electron chi connectivity index (χ1n) is 9.04. The summed E-state index contributed by atoms with van der Waals surface area (Å²) in [7, 11) is -2.27. The zero-order valence-electron chi connectivity index (χ0n) is 15.6. The Kier molecular flexibility index (Phi) is 5.70. The molecule has 0 atom stereocenters. The van der Waals surface area contributed by atoms with Crippen LogP contribution in [0.2, 0.25) is 0 Å². The lowest BCUT2D eigenvalue weighted by molar-refractivity contribution is 0.0794. The Morgan fingerprint density at radius 3 is 2.52 bits per heavy atom. The number of carbonyl (C=O) groups excluding carboxylic acids is 1. The van der Waals surface area contributed by atoms with Crippen LogP contribution in [0.5, 0.6) is 5.75 Å². The minimum Gasteiger partial charge on any atom is -0.496 e. The van der Waals surface area contributed by atoms with Crippen molar-refractivity contribution in [3.63, 3.8) is 0 Å². The minimum atomic E-state index is -3.83. The second-order valence-electron chi connectivity index (χ2n) is 6.48. The van der Waals surface area contributed by atoms with E-state index < -0.39 is 10.0 Å². The van der Waals surface area contributed by atoms with Gasteiger partial charge >= 0.3 is 0 Å². The van der Waals surface area contributed by atoms with E-state index in [0.717, 1.165) is 18.4 Å². The molecule has 1 N–H and O–H groups in total. The number of aryl methyl sites for hydroxylation is 1. The number of hydrogen-bond donors (Lipinski definition) is 1. The molecule has 2 aromatic carbocycles. The molecule has 3 rings (SSSR count). The first kappa shape index (κ1) is 19.2. The molecule has 1 aliphatic heterocycles. The maximum absolute atomic E-state index is 12.9. The second-order valence-corrected chi connectivity index (χ2v) is 8.16. The monoisotopic (exact) mass is 388 g/mol. The molecule has 1 saturated heterocycles. The fourth-order valence-corrected chi connectivity index (χ4v) is 4.38. The molecule has 1 amide bonds. The van der Waals surface area contributed by atoms with Crippen molar-refractivity contribution >= 4 is 21.6 Å². The largest absolute Gasteiger partial charge is 0.496 e. The smallest absolute Gasteiger partial charge is 0.261 e. The summed E-state index contributed by atoms with van der Waals surface area (Å²) in [4.78, 5) is 14.7. The van der Waals surface area contributed by atoms with E-state index in [-0.39, 0.29) is 10.8 Å². The van der Waals surface area contributed by atoms with Crippen molar-refractivity contribution in [3.05, 3.63) is 53.6 Å². The molecule has 0 unspecified atom stereocenters. The van der Waals surface area contributed by atoms with Crippen LogP contribution < -0.4 is 9.46 Å². The van der Waals surface area contributed by atoms with E-state index in [1.54, 1.807) is 48.4 Å². The fraction of sp³-hybridized carbons (Fsp3) is 0.350. The van der Waals surface area contributed by atoms with Crippen LogP contribution in [-0.4, -0.2) is 39.4 Å². The fourth-order valence-electron chi connectivity index (χ4n) is 3.25. The summed E-state index contributed by atoms with van der Waals surface area (Å²) in [5.41, 5.74) is 1.47. The van der Waals surface area contributed by atoms with Gasteiger partial charge in [-0.3, -0.25) is 9.52 Å². The van der Waals surface area contributed by atoms with E-state index in [1.807, 2.05) is 6.92 Å². The summed E-state index contributed by atoms with van der Waals surface area (Å²) in [6.45, 7) is 3.35. The molecule has 0 aliphatic carbocycles. The van der Waals surface area contributed by atoms with Crippen molar-refractivity contribution < 1.29 is 17.9 Å². The topological polar surface area (TPSA) is 75.7 Å². The van der Waals surface area contributed by atoms with E-state index >= 15 is 0 Å². The first-order valence-corrected chi connectivity index (χ1v) is 10.5. The molecule has 1 heterocycles. The number of nitrogens with one attached hydrogen (secondary N) is 1. The van der Waals surface area contributed by atoms with E-state index in [2.05, 4.69) is 4.72 Å². The number of para-hydroxylation sites is 1. The summed E-state index contributed by atoms with van der Waals surface area (Å²) in [5, 5.41) is 0. The van der Waals surface area contributed by atoms with Crippen LogP contribution in [0.3, 0.4) is 0 Å². The van der Waals surface area contributed by atoms with Crippen LogP contribution in [0.1, 0.15) is 35.7 Å². The van der Waals surface area contributed by atoms with Gasteiger partial charge in [0, 0.05) is 13.1 Å². The molecular weight excluding hydrogens is 364 g/mol. The SMILES string of the molecule is CCc1cc(S(=O)(=O)Nc2ccccc2C(=O)N2CCCC2)ccc1OC. The van der Waals surface area contributed by atoms with Gasteiger partial charge in [-0.05, 0) is 55.2 Å². The molecule has 0 saturated carbocycles. The van der Waals surface area contributed by atoms with Gasteiger partial charge in [-0.1, -0.05) is 19.1 Å². The molecule has 0 spiro atoms. The summed E-state index contributed by atoms with van der Waals surface area (Å²) >= 11 is 0. The Hall–Kier alpha value is -2.54. The zero-order valence-corrected chi connectivity index (χ0v) is 16.4. The van der Waals surface area contributed by atoms with Crippen molar-refractivity contribution in [3.8, 4) is 5.75 Å². The molecule has 0 bridgehead atoms. The normalized spacial score (nSPS) is 14.2. The molecule has 27 heavy (non-hydrogen) atoms. The van der Waals surface area contributed by atoms with Gasteiger partial charge in [0.25, 0.3) is 15.9 Å². The Balaban J connectivity index is 1.91. The van der Waals surface area contributed by atoms with Crippen molar-refractivity contribution in [2.75, 3.05) is 24.9 Å². The summed E-state index contributed by atoms with van der Waals surface area (Å²) in [6, 6.07) is 11.5. The number of nitrogens with zero attached hydrogens (tertiary/aromatic N) is 1. The Bertz CT molecular complexity index is 935. The van der Waals surface area contributed by atoms with Crippen LogP contribution >= 0.6 is 0 Å². The Morgan fingerprint density at radius 1 is 1.15 bits per heavy atom. The molecule has 1 aliphatic rings. The van der Waals surface area contributed by atoms with Gasteiger partial charge < -0.3 is 9.64 Å². The molecule has 0 aromatic heterocycles. The molecule has 1 fully saturated rings. The lowest BCUT2D eigenvalue weighted by atomic mass is 10.1. The number of amides is 1.